The molecule has 2 aromatic rings. The Morgan fingerprint density at radius 2 is 1.81 bits per heavy atom. The summed E-state index contributed by atoms with van der Waals surface area (Å²) in [6.07, 6.45) is 0. The van der Waals surface area contributed by atoms with Crippen LogP contribution in [0.5, 0.6) is 0 Å². The highest BCUT2D eigenvalue weighted by molar-refractivity contribution is 6.57. The molecular formula is C14H19B5N4O3. The Balaban J connectivity index is 2.42. The van der Waals surface area contributed by atoms with Gasteiger partial charge in [0.2, 0.25) is 11.8 Å². The second-order valence-electron chi connectivity index (χ2n) is 7.87. The molecular weight excluding hydrogens is 326 g/mol. The van der Waals surface area contributed by atoms with E-state index >= 15 is 0 Å². The van der Waals surface area contributed by atoms with E-state index in [1.807, 2.05) is 21.8 Å². The van der Waals surface area contributed by atoms with E-state index < -0.39 is 22.4 Å². The number of aromatic nitrogens is 2. The van der Waals surface area contributed by atoms with Crippen LogP contribution in [0.15, 0.2) is 16.9 Å². The average Bonchev–Trinajstić information content (AvgIpc) is 2.55. The number of benzene rings is 1. The van der Waals surface area contributed by atoms with E-state index in [9.17, 15) is 14.4 Å². The van der Waals surface area contributed by atoms with Gasteiger partial charge in [-0.3, -0.25) is 24.3 Å². The molecule has 2 atom stereocenters. The van der Waals surface area contributed by atoms with Crippen LogP contribution in [-0.4, -0.2) is 60.6 Å². The van der Waals surface area contributed by atoms with Crippen LogP contribution in [-0.2, 0) is 15.0 Å². The minimum Gasteiger partial charge on any atom is -0.398 e. The number of nitrogens with zero attached hydrogens (tertiary/aromatic N) is 2. The van der Waals surface area contributed by atoms with Crippen molar-refractivity contribution in [3.8, 4) is 0 Å². The zero-order valence-electron chi connectivity index (χ0n) is 15.9. The van der Waals surface area contributed by atoms with Crippen LogP contribution >= 0.6 is 0 Å². The van der Waals surface area contributed by atoms with Gasteiger partial charge in [0.1, 0.15) is 45.1 Å². The standard InChI is InChI=1S/C14H19B5N4O3/c1-4-21-8-5(15)2-3-6(20)7(8)9(24)23(4)14(19)10(16)13(17,18)11(25)22-12(14)26/h2-3,10H,15-20H2,1H3,(H,22,25,26). The van der Waals surface area contributed by atoms with E-state index in [0.717, 1.165) is 5.46 Å². The molecule has 7 nitrogen and oxygen atoms in total. The maximum absolute atomic E-state index is 13.4. The van der Waals surface area contributed by atoms with Crippen molar-refractivity contribution in [2.45, 2.75) is 23.4 Å². The summed E-state index contributed by atoms with van der Waals surface area (Å²) in [5.41, 5.74) is 6.10. The molecule has 3 rings (SSSR count). The number of hydrogen-bond acceptors (Lipinski definition) is 5. The summed E-state index contributed by atoms with van der Waals surface area (Å²) in [6, 6.07) is 3.48. The molecule has 12 heteroatoms. The summed E-state index contributed by atoms with van der Waals surface area (Å²) in [5.74, 6) is -0.877. The number of fused-ring (bicyclic) bond motifs is 1. The molecule has 1 saturated heterocycles. The van der Waals surface area contributed by atoms with E-state index in [0.29, 0.717) is 22.4 Å². The van der Waals surface area contributed by atoms with Gasteiger partial charge in [-0.15, -0.1) is 0 Å². The zero-order chi connectivity index (χ0) is 19.6. The second kappa shape index (κ2) is 5.56. The average molecular weight is 345 g/mol. The van der Waals surface area contributed by atoms with Gasteiger partial charge >= 0.3 is 0 Å². The SMILES string of the molecule is Bc1ccc(N)c2c(=O)n(C3(B)C(=O)NC(=O)C(B)(B)C3B)c(C)nc12. The molecule has 0 bridgehead atoms. The number of carbonyl (C=O) groups is 2. The lowest BCUT2D eigenvalue weighted by atomic mass is 9.35. The van der Waals surface area contributed by atoms with Gasteiger partial charge < -0.3 is 5.73 Å². The molecule has 1 aliphatic rings. The number of imide groups is 1. The summed E-state index contributed by atoms with van der Waals surface area (Å²) in [6.45, 7) is 1.69. The van der Waals surface area contributed by atoms with E-state index in [4.69, 9.17) is 5.73 Å². The third-order valence-corrected chi connectivity index (χ3v) is 6.09. The first-order valence-corrected chi connectivity index (χ1v) is 8.58. The predicted octanol–water partition coefficient (Wildman–Crippen LogP) is -5.71. The molecule has 2 unspecified atom stereocenters. The number of piperidine rings is 1. The number of nitrogen functional groups attached to an aromatic ring is 1. The number of nitrogens with one attached hydrogen (secondary N) is 1. The van der Waals surface area contributed by atoms with Crippen molar-refractivity contribution in [1.29, 1.82) is 0 Å². The maximum Gasteiger partial charge on any atom is 0.263 e. The normalized spacial score (nSPS) is 25.2. The molecule has 1 aromatic heterocycles. The lowest BCUT2D eigenvalue weighted by Gasteiger charge is -2.48. The van der Waals surface area contributed by atoms with Crippen LogP contribution in [0.3, 0.4) is 0 Å². The van der Waals surface area contributed by atoms with Crippen molar-refractivity contribution in [3.05, 3.63) is 28.3 Å². The second-order valence-corrected chi connectivity index (χ2v) is 7.87. The Bertz CT molecular complexity index is 1040. The number of rotatable bonds is 1. The van der Waals surface area contributed by atoms with Gasteiger partial charge in [-0.2, -0.15) is 0 Å². The van der Waals surface area contributed by atoms with Gasteiger partial charge in [0.25, 0.3) is 5.56 Å². The van der Waals surface area contributed by atoms with Gasteiger partial charge in [-0.25, -0.2) is 4.98 Å². The smallest absolute Gasteiger partial charge is 0.263 e. The van der Waals surface area contributed by atoms with Crippen LogP contribution in [0.4, 0.5) is 5.69 Å². The monoisotopic (exact) mass is 346 g/mol. The molecule has 0 radical (unpaired) electrons. The Kier molecular flexibility index (Phi) is 3.94. The lowest BCUT2D eigenvalue weighted by molar-refractivity contribution is -0.138. The molecule has 0 aliphatic carbocycles. The zero-order valence-corrected chi connectivity index (χ0v) is 15.9. The third-order valence-electron chi connectivity index (χ3n) is 6.09. The number of hydrogen-bond donors (Lipinski definition) is 2. The van der Waals surface area contributed by atoms with Crippen LogP contribution < -0.4 is 22.1 Å². The minimum absolute atomic E-state index is 0.298. The lowest BCUT2D eigenvalue weighted by Crippen LogP contribution is -2.66. The van der Waals surface area contributed by atoms with Crippen molar-refractivity contribution in [3.63, 3.8) is 0 Å². The van der Waals surface area contributed by atoms with E-state index in [1.165, 1.54) is 4.57 Å². The van der Waals surface area contributed by atoms with Gasteiger partial charge in [0, 0.05) is 5.69 Å². The summed E-state index contributed by atoms with van der Waals surface area (Å²) in [4.78, 5) is 43.1. The Morgan fingerprint density at radius 1 is 1.19 bits per heavy atom. The number of anilines is 1. The molecule has 26 heavy (non-hydrogen) atoms. The van der Waals surface area contributed by atoms with E-state index in [2.05, 4.69) is 10.3 Å². The van der Waals surface area contributed by atoms with Gasteiger partial charge in [-0.05, 0) is 24.0 Å². The van der Waals surface area contributed by atoms with Crippen molar-refractivity contribution in [2.75, 3.05) is 5.73 Å². The van der Waals surface area contributed by atoms with Crippen molar-refractivity contribution >= 4 is 73.1 Å². The Hall–Kier alpha value is -2.38. The first-order valence-electron chi connectivity index (χ1n) is 8.58. The maximum atomic E-state index is 13.4. The molecule has 2 amide bonds. The first kappa shape index (κ1) is 18.4. The molecule has 3 N–H and O–H groups in total. The fourth-order valence-electron chi connectivity index (χ4n) is 3.88. The number of carbonyl (C=O) groups excluding carboxylic acids is 2. The molecule has 128 valence electrons. The topological polar surface area (TPSA) is 107 Å². The van der Waals surface area contributed by atoms with Crippen LogP contribution in [0, 0.1) is 6.92 Å². The van der Waals surface area contributed by atoms with E-state index in [-0.39, 0.29) is 11.5 Å². The summed E-state index contributed by atoms with van der Waals surface area (Å²) >= 11 is 0. The van der Waals surface area contributed by atoms with Crippen molar-refractivity contribution in [2.24, 2.45) is 0 Å². The highest BCUT2D eigenvalue weighted by Gasteiger charge is 2.55. The van der Waals surface area contributed by atoms with Crippen LogP contribution in [0.1, 0.15) is 5.82 Å². The number of aryl methyl sites for hydroxylation is 1. The van der Waals surface area contributed by atoms with Gasteiger partial charge in [-0.1, -0.05) is 11.5 Å². The summed E-state index contributed by atoms with van der Waals surface area (Å²) in [7, 11) is 8.88. The first-order chi connectivity index (χ1) is 11.9. The van der Waals surface area contributed by atoms with Gasteiger partial charge in [0.05, 0.1) is 16.3 Å². The minimum atomic E-state index is -1.27. The van der Waals surface area contributed by atoms with Gasteiger partial charge in [0.15, 0.2) is 0 Å². The summed E-state index contributed by atoms with van der Waals surface area (Å²) in [5, 5.41) is 1.89. The van der Waals surface area contributed by atoms with Crippen LogP contribution in [0.25, 0.3) is 10.9 Å². The third kappa shape index (κ3) is 2.20. The molecule has 1 aromatic carbocycles. The molecule has 1 fully saturated rings. The van der Waals surface area contributed by atoms with Crippen LogP contribution in [0.2, 0.25) is 11.0 Å². The van der Waals surface area contributed by atoms with Crippen molar-refractivity contribution in [1.82, 2.24) is 14.9 Å². The fraction of sp³-hybridized carbons (Fsp3) is 0.286. The Labute approximate surface area is 155 Å². The summed E-state index contributed by atoms with van der Waals surface area (Å²) < 4.78 is 1.39. The molecule has 0 saturated carbocycles. The fourth-order valence-corrected chi connectivity index (χ4v) is 3.88. The van der Waals surface area contributed by atoms with Crippen molar-refractivity contribution < 1.29 is 9.59 Å². The molecule has 2 heterocycles. The largest absolute Gasteiger partial charge is 0.398 e. The van der Waals surface area contributed by atoms with E-state index in [1.54, 1.807) is 36.5 Å². The quantitative estimate of drug-likeness (QED) is 0.304. The highest BCUT2D eigenvalue weighted by Crippen LogP contribution is 2.45. The predicted molar refractivity (Wildman–Crippen MR) is 115 cm³/mol. The number of nitrogens with two attached hydrogens (primary N) is 1. The number of amides is 2. The highest BCUT2D eigenvalue weighted by atomic mass is 16.2. The molecule has 0 spiro atoms. The Morgan fingerprint density at radius 3 is 2.42 bits per heavy atom. The molecule has 1 aliphatic heterocycles.